The zero-order chi connectivity index (χ0) is 17.8. The zero-order valence-corrected chi connectivity index (χ0v) is 17.4. The molecule has 0 aliphatic carbocycles. The first-order valence-electron chi connectivity index (χ1n) is 10.3. The van der Waals surface area contributed by atoms with E-state index in [9.17, 15) is 0 Å². The minimum atomic E-state index is 0.475. The van der Waals surface area contributed by atoms with Crippen LogP contribution in [0.1, 0.15) is 60.3 Å². The van der Waals surface area contributed by atoms with Gasteiger partial charge in [0.05, 0.1) is 0 Å². The van der Waals surface area contributed by atoms with E-state index < -0.39 is 0 Å². The summed E-state index contributed by atoms with van der Waals surface area (Å²) < 4.78 is 0. The van der Waals surface area contributed by atoms with Crippen LogP contribution in [0.2, 0.25) is 0 Å². The minimum absolute atomic E-state index is 0.475. The first kappa shape index (κ1) is 20.2. The van der Waals surface area contributed by atoms with Gasteiger partial charge in [0.2, 0.25) is 0 Å². The molecule has 142 valence electrons. The van der Waals surface area contributed by atoms with Gasteiger partial charge >= 0.3 is 0 Å². The van der Waals surface area contributed by atoms with Crippen LogP contribution in [0.3, 0.4) is 0 Å². The van der Waals surface area contributed by atoms with Crippen molar-refractivity contribution in [3.05, 3.63) is 0 Å². The normalized spacial score (nSPS) is 25.8. The molecular weight excluding hydrogens is 294 g/mol. The van der Waals surface area contributed by atoms with Crippen LogP contribution in [-0.2, 0) is 0 Å². The van der Waals surface area contributed by atoms with Crippen LogP contribution in [0.15, 0.2) is 0 Å². The molecule has 0 aromatic heterocycles. The van der Waals surface area contributed by atoms with Gasteiger partial charge in [-0.3, -0.25) is 0 Å². The van der Waals surface area contributed by atoms with Gasteiger partial charge < -0.3 is 14.7 Å². The maximum absolute atomic E-state index is 2.72. The van der Waals surface area contributed by atoms with Crippen molar-refractivity contribution < 1.29 is 0 Å². The molecule has 0 spiro atoms. The molecule has 3 heteroatoms. The fraction of sp³-hybridized carbons (Fsp3) is 1.00. The largest absolute Gasteiger partial charge is 0.304 e. The lowest BCUT2D eigenvalue weighted by molar-refractivity contribution is 0.0602. The van der Waals surface area contributed by atoms with Crippen molar-refractivity contribution in [2.24, 2.45) is 16.7 Å². The quantitative estimate of drug-likeness (QED) is 0.699. The SMILES string of the molecule is CCC(C)(C)CN1CCC(C)(CC(C)CN2CCN(C)CC2)CC1. The van der Waals surface area contributed by atoms with Crippen LogP contribution >= 0.6 is 0 Å². The monoisotopic (exact) mass is 337 g/mol. The molecule has 24 heavy (non-hydrogen) atoms. The summed E-state index contributed by atoms with van der Waals surface area (Å²) in [5.74, 6) is 0.831. The summed E-state index contributed by atoms with van der Waals surface area (Å²) >= 11 is 0. The van der Waals surface area contributed by atoms with E-state index in [-0.39, 0.29) is 0 Å². The predicted molar refractivity (Wildman–Crippen MR) is 106 cm³/mol. The van der Waals surface area contributed by atoms with Gasteiger partial charge in [-0.2, -0.15) is 0 Å². The van der Waals surface area contributed by atoms with Crippen molar-refractivity contribution in [3.8, 4) is 0 Å². The predicted octanol–water partition coefficient (Wildman–Crippen LogP) is 3.80. The summed E-state index contributed by atoms with van der Waals surface area (Å²) in [4.78, 5) is 7.86. The van der Waals surface area contributed by atoms with Crippen LogP contribution in [0, 0.1) is 16.7 Å². The van der Waals surface area contributed by atoms with Crippen molar-refractivity contribution in [1.82, 2.24) is 14.7 Å². The third kappa shape index (κ3) is 6.31. The Morgan fingerprint density at radius 1 is 0.958 bits per heavy atom. The third-order valence-corrected chi connectivity index (χ3v) is 6.68. The Bertz CT molecular complexity index is 363. The van der Waals surface area contributed by atoms with E-state index in [4.69, 9.17) is 0 Å². The standard InChI is InChI=1S/C21H43N3/c1-7-20(3,4)18-24-10-8-21(5,9-11-24)16-19(2)17-23-14-12-22(6)13-15-23/h19H,7-18H2,1-6H3. The Morgan fingerprint density at radius 2 is 1.54 bits per heavy atom. The summed E-state index contributed by atoms with van der Waals surface area (Å²) in [6.07, 6.45) is 5.47. The van der Waals surface area contributed by atoms with Crippen molar-refractivity contribution in [2.45, 2.75) is 60.3 Å². The number of piperazine rings is 1. The van der Waals surface area contributed by atoms with Crippen molar-refractivity contribution in [1.29, 1.82) is 0 Å². The second-order valence-electron chi connectivity index (χ2n) is 10.0. The lowest BCUT2D eigenvalue weighted by atomic mass is 9.73. The van der Waals surface area contributed by atoms with E-state index in [1.54, 1.807) is 0 Å². The van der Waals surface area contributed by atoms with E-state index in [0.717, 1.165) is 5.92 Å². The maximum atomic E-state index is 2.72. The second-order valence-corrected chi connectivity index (χ2v) is 10.0. The average molecular weight is 338 g/mol. The van der Waals surface area contributed by atoms with Gasteiger partial charge in [0.25, 0.3) is 0 Å². The molecule has 2 fully saturated rings. The van der Waals surface area contributed by atoms with Gasteiger partial charge in [-0.05, 0) is 62.6 Å². The molecule has 2 aliphatic heterocycles. The third-order valence-electron chi connectivity index (χ3n) is 6.68. The van der Waals surface area contributed by atoms with Gasteiger partial charge in [-0.25, -0.2) is 0 Å². The van der Waals surface area contributed by atoms with Crippen LogP contribution in [0.25, 0.3) is 0 Å². The molecule has 3 nitrogen and oxygen atoms in total. The fourth-order valence-corrected chi connectivity index (χ4v) is 4.55. The molecule has 2 heterocycles. The van der Waals surface area contributed by atoms with E-state index in [2.05, 4.69) is 56.4 Å². The number of hydrogen-bond donors (Lipinski definition) is 0. The molecule has 0 N–H and O–H groups in total. The first-order chi connectivity index (χ1) is 11.2. The molecule has 0 bridgehead atoms. The summed E-state index contributed by atoms with van der Waals surface area (Å²) in [6.45, 7) is 22.4. The van der Waals surface area contributed by atoms with Gasteiger partial charge in [0.15, 0.2) is 0 Å². The van der Waals surface area contributed by atoms with Gasteiger partial charge in [-0.1, -0.05) is 34.6 Å². The smallest absolute Gasteiger partial charge is 0.0110 e. The number of nitrogens with zero attached hydrogens (tertiary/aromatic N) is 3. The molecule has 0 saturated carbocycles. The number of likely N-dealkylation sites (tertiary alicyclic amines) is 1. The molecule has 0 radical (unpaired) electrons. The Balaban J connectivity index is 1.72. The molecule has 0 amide bonds. The van der Waals surface area contributed by atoms with Crippen molar-refractivity contribution in [2.75, 3.05) is 59.4 Å². The molecule has 1 unspecified atom stereocenters. The molecule has 0 aromatic carbocycles. The highest BCUT2D eigenvalue weighted by Crippen LogP contribution is 2.38. The summed E-state index contributed by atoms with van der Waals surface area (Å²) in [5, 5.41) is 0. The Kier molecular flexibility index (Phi) is 7.16. The highest BCUT2D eigenvalue weighted by atomic mass is 15.2. The van der Waals surface area contributed by atoms with E-state index in [1.165, 1.54) is 78.0 Å². The van der Waals surface area contributed by atoms with Crippen LogP contribution in [-0.4, -0.2) is 74.1 Å². The summed E-state index contributed by atoms with van der Waals surface area (Å²) in [6, 6.07) is 0. The lowest BCUT2D eigenvalue weighted by Crippen LogP contribution is -2.47. The van der Waals surface area contributed by atoms with E-state index >= 15 is 0 Å². The van der Waals surface area contributed by atoms with Crippen LogP contribution < -0.4 is 0 Å². The first-order valence-corrected chi connectivity index (χ1v) is 10.3. The molecule has 1 atom stereocenters. The molecule has 2 rings (SSSR count). The molecule has 0 aromatic rings. The van der Waals surface area contributed by atoms with Crippen molar-refractivity contribution >= 4 is 0 Å². The Hall–Kier alpha value is -0.120. The highest BCUT2D eigenvalue weighted by molar-refractivity contribution is 4.86. The number of piperidine rings is 1. The fourth-order valence-electron chi connectivity index (χ4n) is 4.55. The van der Waals surface area contributed by atoms with E-state index in [1.807, 2.05) is 0 Å². The molecular formula is C21H43N3. The molecule has 2 aliphatic rings. The minimum Gasteiger partial charge on any atom is -0.304 e. The Morgan fingerprint density at radius 3 is 2.08 bits per heavy atom. The average Bonchev–Trinajstić information content (AvgIpc) is 2.52. The maximum Gasteiger partial charge on any atom is 0.0110 e. The van der Waals surface area contributed by atoms with Gasteiger partial charge in [0, 0.05) is 39.3 Å². The summed E-state index contributed by atoms with van der Waals surface area (Å²) in [7, 11) is 2.25. The zero-order valence-electron chi connectivity index (χ0n) is 17.4. The topological polar surface area (TPSA) is 9.72 Å². The number of rotatable bonds is 7. The van der Waals surface area contributed by atoms with Gasteiger partial charge in [-0.15, -0.1) is 0 Å². The van der Waals surface area contributed by atoms with Crippen molar-refractivity contribution in [3.63, 3.8) is 0 Å². The number of hydrogen-bond acceptors (Lipinski definition) is 3. The lowest BCUT2D eigenvalue weighted by Gasteiger charge is -2.44. The highest BCUT2D eigenvalue weighted by Gasteiger charge is 2.33. The number of likely N-dealkylation sites (N-methyl/N-ethyl adjacent to an activating group) is 1. The van der Waals surface area contributed by atoms with Crippen LogP contribution in [0.4, 0.5) is 0 Å². The Labute approximate surface area is 151 Å². The molecule has 2 saturated heterocycles. The van der Waals surface area contributed by atoms with E-state index in [0.29, 0.717) is 10.8 Å². The summed E-state index contributed by atoms with van der Waals surface area (Å²) in [5.41, 5.74) is 1.04. The van der Waals surface area contributed by atoms with Gasteiger partial charge in [0.1, 0.15) is 0 Å². The second kappa shape index (κ2) is 8.51. The van der Waals surface area contributed by atoms with Crippen LogP contribution in [0.5, 0.6) is 0 Å².